The lowest BCUT2D eigenvalue weighted by Crippen LogP contribution is -2.02. The summed E-state index contributed by atoms with van der Waals surface area (Å²) in [5.74, 6) is 0.429. The van der Waals surface area contributed by atoms with Crippen LogP contribution in [0.4, 0.5) is 4.39 Å². The number of benzene rings is 2. The quantitative estimate of drug-likeness (QED) is 0.683. The Kier molecular flexibility index (Phi) is 4.57. The standard InChI is InChI=1S/C18H19FO/c1-4-20-14(3)13(2)16-10-11-17(18(19)12-16)15-8-6-5-7-9-15/h5-13H,3-4H2,1-2H3. The Morgan fingerprint density at radius 2 is 1.90 bits per heavy atom. The van der Waals surface area contributed by atoms with Gasteiger partial charge in [-0.1, -0.05) is 56.0 Å². The van der Waals surface area contributed by atoms with Crippen LogP contribution < -0.4 is 0 Å². The SMILES string of the molecule is C=C(OCC)C(C)c1ccc(-c2ccccc2)c(F)c1. The van der Waals surface area contributed by atoms with Gasteiger partial charge in [-0.3, -0.25) is 0 Å². The first-order chi connectivity index (χ1) is 9.63. The van der Waals surface area contributed by atoms with E-state index in [0.717, 1.165) is 11.1 Å². The third-order valence-corrected chi connectivity index (χ3v) is 3.39. The summed E-state index contributed by atoms with van der Waals surface area (Å²) in [5.41, 5.74) is 2.37. The molecule has 0 N–H and O–H groups in total. The molecule has 0 heterocycles. The number of halogens is 1. The minimum Gasteiger partial charge on any atom is -0.498 e. The molecule has 0 aliphatic rings. The first-order valence-electron chi connectivity index (χ1n) is 6.80. The molecule has 2 heteroatoms. The van der Waals surface area contributed by atoms with Crippen LogP contribution in [0.15, 0.2) is 60.9 Å². The number of rotatable bonds is 5. The average molecular weight is 270 g/mol. The van der Waals surface area contributed by atoms with Crippen molar-refractivity contribution in [2.75, 3.05) is 6.61 Å². The Hall–Kier alpha value is -2.09. The normalized spacial score (nSPS) is 11.9. The summed E-state index contributed by atoms with van der Waals surface area (Å²) in [5, 5.41) is 0. The molecule has 20 heavy (non-hydrogen) atoms. The van der Waals surface area contributed by atoms with Gasteiger partial charge >= 0.3 is 0 Å². The third kappa shape index (κ3) is 3.08. The lowest BCUT2D eigenvalue weighted by atomic mass is 9.96. The summed E-state index contributed by atoms with van der Waals surface area (Å²) in [6.45, 7) is 8.34. The van der Waals surface area contributed by atoms with Crippen molar-refractivity contribution in [3.05, 3.63) is 72.2 Å². The second kappa shape index (κ2) is 6.38. The van der Waals surface area contributed by atoms with E-state index in [0.29, 0.717) is 17.9 Å². The van der Waals surface area contributed by atoms with Gasteiger partial charge in [0.2, 0.25) is 0 Å². The zero-order valence-electron chi connectivity index (χ0n) is 11.9. The molecule has 0 fully saturated rings. The summed E-state index contributed by atoms with van der Waals surface area (Å²) in [6.07, 6.45) is 0. The van der Waals surface area contributed by atoms with Crippen molar-refractivity contribution in [2.24, 2.45) is 0 Å². The molecular weight excluding hydrogens is 251 g/mol. The summed E-state index contributed by atoms with van der Waals surface area (Å²) >= 11 is 0. The Morgan fingerprint density at radius 1 is 1.20 bits per heavy atom. The highest BCUT2D eigenvalue weighted by Gasteiger charge is 2.13. The van der Waals surface area contributed by atoms with E-state index in [1.165, 1.54) is 0 Å². The maximum atomic E-state index is 14.3. The molecule has 1 nitrogen and oxygen atoms in total. The summed E-state index contributed by atoms with van der Waals surface area (Å²) in [4.78, 5) is 0. The van der Waals surface area contributed by atoms with E-state index in [-0.39, 0.29) is 11.7 Å². The Balaban J connectivity index is 2.29. The molecule has 0 aromatic heterocycles. The van der Waals surface area contributed by atoms with E-state index >= 15 is 0 Å². The highest BCUT2D eigenvalue weighted by molar-refractivity contribution is 5.64. The minimum atomic E-state index is -0.218. The van der Waals surface area contributed by atoms with E-state index < -0.39 is 0 Å². The van der Waals surface area contributed by atoms with E-state index in [2.05, 4.69) is 6.58 Å². The molecule has 2 aromatic carbocycles. The summed E-state index contributed by atoms with van der Waals surface area (Å²) in [7, 11) is 0. The zero-order chi connectivity index (χ0) is 14.5. The van der Waals surface area contributed by atoms with Crippen LogP contribution in [-0.2, 0) is 4.74 Å². The number of ether oxygens (including phenoxy) is 1. The zero-order valence-corrected chi connectivity index (χ0v) is 11.9. The van der Waals surface area contributed by atoms with Gasteiger partial charge in [0.25, 0.3) is 0 Å². The minimum absolute atomic E-state index is 0.0192. The highest BCUT2D eigenvalue weighted by Crippen LogP contribution is 2.29. The van der Waals surface area contributed by atoms with Crippen molar-refractivity contribution in [2.45, 2.75) is 19.8 Å². The van der Waals surface area contributed by atoms with E-state index in [1.807, 2.05) is 56.3 Å². The predicted octanol–water partition coefficient (Wildman–Crippen LogP) is 5.15. The van der Waals surface area contributed by atoms with Crippen LogP contribution >= 0.6 is 0 Å². The number of hydrogen-bond donors (Lipinski definition) is 0. The highest BCUT2D eigenvalue weighted by atomic mass is 19.1. The third-order valence-electron chi connectivity index (χ3n) is 3.39. The van der Waals surface area contributed by atoms with Crippen molar-refractivity contribution in [1.82, 2.24) is 0 Å². The van der Waals surface area contributed by atoms with Crippen LogP contribution in [0.5, 0.6) is 0 Å². The van der Waals surface area contributed by atoms with Gasteiger partial charge in [-0.25, -0.2) is 4.39 Å². The first-order valence-corrected chi connectivity index (χ1v) is 6.80. The van der Waals surface area contributed by atoms with Crippen molar-refractivity contribution >= 4 is 0 Å². The Bertz CT molecular complexity index is 590. The second-order valence-corrected chi connectivity index (χ2v) is 4.73. The molecular formula is C18H19FO. The van der Waals surface area contributed by atoms with Crippen LogP contribution in [0.3, 0.4) is 0 Å². The smallest absolute Gasteiger partial charge is 0.131 e. The van der Waals surface area contributed by atoms with Crippen molar-refractivity contribution in [3.8, 4) is 11.1 Å². The molecule has 1 atom stereocenters. The molecule has 104 valence electrons. The van der Waals surface area contributed by atoms with Crippen LogP contribution in [0.2, 0.25) is 0 Å². The monoisotopic (exact) mass is 270 g/mol. The van der Waals surface area contributed by atoms with Crippen molar-refractivity contribution in [1.29, 1.82) is 0 Å². The van der Waals surface area contributed by atoms with Gasteiger partial charge in [-0.2, -0.15) is 0 Å². The molecule has 0 aliphatic carbocycles. The van der Waals surface area contributed by atoms with Crippen molar-refractivity contribution < 1.29 is 9.13 Å². The Labute approximate surface area is 119 Å². The topological polar surface area (TPSA) is 9.23 Å². The Morgan fingerprint density at radius 3 is 2.50 bits per heavy atom. The molecule has 0 amide bonds. The van der Waals surface area contributed by atoms with Gasteiger partial charge < -0.3 is 4.74 Å². The van der Waals surface area contributed by atoms with Gasteiger partial charge in [-0.15, -0.1) is 0 Å². The number of hydrogen-bond acceptors (Lipinski definition) is 1. The first kappa shape index (κ1) is 14.3. The van der Waals surface area contributed by atoms with Crippen molar-refractivity contribution in [3.63, 3.8) is 0 Å². The van der Waals surface area contributed by atoms with Gasteiger partial charge in [-0.05, 0) is 24.1 Å². The molecule has 2 aromatic rings. The fraction of sp³-hybridized carbons (Fsp3) is 0.222. The molecule has 0 spiro atoms. The molecule has 1 unspecified atom stereocenters. The molecule has 0 radical (unpaired) electrons. The van der Waals surface area contributed by atoms with Crippen LogP contribution in [0.1, 0.15) is 25.3 Å². The van der Waals surface area contributed by atoms with Crippen LogP contribution in [-0.4, -0.2) is 6.61 Å². The second-order valence-electron chi connectivity index (χ2n) is 4.73. The fourth-order valence-corrected chi connectivity index (χ4v) is 2.15. The largest absolute Gasteiger partial charge is 0.498 e. The summed E-state index contributed by atoms with van der Waals surface area (Å²) in [6, 6.07) is 14.9. The maximum Gasteiger partial charge on any atom is 0.131 e. The lowest BCUT2D eigenvalue weighted by molar-refractivity contribution is 0.213. The average Bonchev–Trinajstić information content (AvgIpc) is 2.47. The van der Waals surface area contributed by atoms with Crippen LogP contribution in [0, 0.1) is 5.82 Å². The summed E-state index contributed by atoms with van der Waals surface area (Å²) < 4.78 is 19.7. The molecule has 0 bridgehead atoms. The van der Waals surface area contributed by atoms with E-state index in [9.17, 15) is 4.39 Å². The fourth-order valence-electron chi connectivity index (χ4n) is 2.15. The van der Waals surface area contributed by atoms with Gasteiger partial charge in [0.1, 0.15) is 5.82 Å². The van der Waals surface area contributed by atoms with Gasteiger partial charge in [0.15, 0.2) is 0 Å². The van der Waals surface area contributed by atoms with Gasteiger partial charge in [0.05, 0.1) is 12.4 Å². The molecule has 0 saturated carbocycles. The lowest BCUT2D eigenvalue weighted by Gasteiger charge is -2.16. The van der Waals surface area contributed by atoms with Gasteiger partial charge in [0, 0.05) is 11.5 Å². The number of allylic oxidation sites excluding steroid dienone is 1. The molecule has 2 rings (SSSR count). The molecule has 0 aliphatic heterocycles. The maximum absolute atomic E-state index is 14.3. The molecule has 0 saturated heterocycles. The predicted molar refractivity (Wildman–Crippen MR) is 81.0 cm³/mol. The van der Waals surface area contributed by atoms with E-state index in [4.69, 9.17) is 4.74 Å². The van der Waals surface area contributed by atoms with E-state index in [1.54, 1.807) is 6.07 Å². The van der Waals surface area contributed by atoms with Crippen LogP contribution in [0.25, 0.3) is 11.1 Å².